The van der Waals surface area contributed by atoms with E-state index in [0.717, 1.165) is 25.0 Å². The van der Waals surface area contributed by atoms with Crippen LogP contribution in [0.3, 0.4) is 0 Å². The molecule has 0 bridgehead atoms. The zero-order valence-corrected chi connectivity index (χ0v) is 28.8. The summed E-state index contributed by atoms with van der Waals surface area (Å²) in [6, 6.07) is 17.4. The molecule has 0 heterocycles. The molecule has 268 valence electrons. The molecule has 10 nitrogen and oxygen atoms in total. The average molecular weight is 723 g/mol. The fourth-order valence-corrected chi connectivity index (χ4v) is 5.80. The summed E-state index contributed by atoms with van der Waals surface area (Å²) in [4.78, 5) is 36.2. The number of esters is 3. The van der Waals surface area contributed by atoms with Crippen LogP contribution in [0.15, 0.2) is 107 Å². The van der Waals surface area contributed by atoms with Gasteiger partial charge < -0.3 is 23.7 Å². The number of hydrogen-bond donors (Lipinski definition) is 0. The second kappa shape index (κ2) is 17.9. The summed E-state index contributed by atoms with van der Waals surface area (Å²) in [6.45, 7) is 7.81. The van der Waals surface area contributed by atoms with Crippen molar-refractivity contribution in [2.24, 2.45) is 0 Å². The molecule has 4 aromatic rings. The van der Waals surface area contributed by atoms with Crippen LogP contribution in [0.2, 0.25) is 0 Å². The third-order valence-corrected chi connectivity index (χ3v) is 9.00. The van der Waals surface area contributed by atoms with Crippen LogP contribution < -0.4 is 18.9 Å². The van der Waals surface area contributed by atoms with E-state index in [1.165, 1.54) is 72.8 Å². The Labute approximate surface area is 294 Å². The predicted molar refractivity (Wildman–Crippen MR) is 182 cm³/mol. The number of hydrogen-bond acceptors (Lipinski definition) is 10. The molecule has 0 radical (unpaired) electrons. The minimum Gasteiger partial charge on any atom is -0.494 e. The van der Waals surface area contributed by atoms with Crippen LogP contribution in [0.25, 0.3) is 0 Å². The summed E-state index contributed by atoms with van der Waals surface area (Å²) >= 11 is 0. The Bertz CT molecular complexity index is 1980. The summed E-state index contributed by atoms with van der Waals surface area (Å²) in [5, 5.41) is 0. The highest BCUT2D eigenvalue weighted by molar-refractivity contribution is 7.91. The highest BCUT2D eigenvalue weighted by atomic mass is 32.2. The second-order valence-corrected chi connectivity index (χ2v) is 13.1. The van der Waals surface area contributed by atoms with E-state index in [4.69, 9.17) is 23.7 Å². The third kappa shape index (κ3) is 10.7. The van der Waals surface area contributed by atoms with Crippen molar-refractivity contribution in [1.82, 2.24) is 0 Å². The van der Waals surface area contributed by atoms with E-state index in [0.29, 0.717) is 38.2 Å². The second-order valence-electron chi connectivity index (χ2n) is 11.1. The number of carbonyl (C=O) groups excluding carboxylic acids is 3. The first-order valence-electron chi connectivity index (χ1n) is 16.0. The maximum absolute atomic E-state index is 14.7. The smallest absolute Gasteiger partial charge is 0.346 e. The van der Waals surface area contributed by atoms with Crippen LogP contribution in [0, 0.1) is 11.6 Å². The van der Waals surface area contributed by atoms with Gasteiger partial charge in [-0.1, -0.05) is 6.58 Å². The summed E-state index contributed by atoms with van der Waals surface area (Å²) in [6.07, 6.45) is 3.03. The summed E-state index contributed by atoms with van der Waals surface area (Å²) in [5.41, 5.74) is -0.305. The number of rotatable bonds is 17. The predicted octanol–water partition coefficient (Wildman–Crippen LogP) is 7.69. The van der Waals surface area contributed by atoms with Gasteiger partial charge in [0.15, 0.2) is 0 Å². The van der Waals surface area contributed by atoms with E-state index in [1.807, 2.05) is 0 Å². The third-order valence-electron chi connectivity index (χ3n) is 7.21. The van der Waals surface area contributed by atoms with Crippen molar-refractivity contribution in [1.29, 1.82) is 0 Å². The van der Waals surface area contributed by atoms with Gasteiger partial charge in [0.25, 0.3) is 0 Å². The minimum absolute atomic E-state index is 0.00575. The monoisotopic (exact) mass is 722 g/mol. The lowest BCUT2D eigenvalue weighted by Gasteiger charge is -2.10. The molecule has 0 aliphatic rings. The molecule has 13 heteroatoms. The molecule has 0 aliphatic heterocycles. The van der Waals surface area contributed by atoms with Crippen molar-refractivity contribution in [3.63, 3.8) is 0 Å². The molecule has 0 aliphatic carbocycles. The Morgan fingerprint density at radius 2 is 1.06 bits per heavy atom. The van der Waals surface area contributed by atoms with Gasteiger partial charge in [0.1, 0.15) is 34.6 Å². The fourth-order valence-electron chi connectivity index (χ4n) is 4.54. The highest BCUT2D eigenvalue weighted by Gasteiger charge is 2.21. The van der Waals surface area contributed by atoms with Gasteiger partial charge in [0, 0.05) is 17.7 Å². The molecule has 0 amide bonds. The average Bonchev–Trinajstić information content (AvgIpc) is 3.10. The van der Waals surface area contributed by atoms with Crippen LogP contribution in [0.4, 0.5) is 8.78 Å². The molecule has 0 fully saturated rings. The molecule has 0 aromatic heterocycles. The normalized spacial score (nSPS) is 11.0. The lowest BCUT2D eigenvalue weighted by Crippen LogP contribution is -2.11. The van der Waals surface area contributed by atoms with Crippen molar-refractivity contribution in [2.75, 3.05) is 19.8 Å². The summed E-state index contributed by atoms with van der Waals surface area (Å²) in [5.74, 6) is -3.58. The van der Waals surface area contributed by atoms with E-state index >= 15 is 0 Å². The molecule has 0 unspecified atom stereocenters. The summed E-state index contributed by atoms with van der Waals surface area (Å²) in [7, 11) is -4.03. The highest BCUT2D eigenvalue weighted by Crippen LogP contribution is 2.27. The van der Waals surface area contributed by atoms with Crippen LogP contribution in [0.1, 0.15) is 60.2 Å². The first-order valence-corrected chi connectivity index (χ1v) is 17.4. The largest absolute Gasteiger partial charge is 0.494 e. The first-order chi connectivity index (χ1) is 24.4. The zero-order chi connectivity index (χ0) is 37.0. The number of ether oxygens (including phenoxy) is 5. The maximum Gasteiger partial charge on any atom is 0.346 e. The van der Waals surface area contributed by atoms with Gasteiger partial charge in [-0.15, -0.1) is 0 Å². The van der Waals surface area contributed by atoms with Gasteiger partial charge in [-0.2, -0.15) is 0 Å². The molecule has 4 aromatic carbocycles. The van der Waals surface area contributed by atoms with Crippen molar-refractivity contribution < 1.29 is 55.3 Å². The van der Waals surface area contributed by atoms with Gasteiger partial charge in [-0.3, -0.25) is 0 Å². The van der Waals surface area contributed by atoms with Gasteiger partial charge >= 0.3 is 17.9 Å². The van der Waals surface area contributed by atoms with E-state index in [1.54, 1.807) is 13.8 Å². The molecule has 51 heavy (non-hydrogen) atoms. The molecule has 0 spiro atoms. The van der Waals surface area contributed by atoms with Crippen molar-refractivity contribution in [3.8, 4) is 23.0 Å². The van der Waals surface area contributed by atoms with E-state index < -0.39 is 39.4 Å². The standard InChI is InChI=1S/C38H36F2O10S/c1-4-46-28-13-19-32(34(39)23-28)37(42)49-26-9-15-30(16-10-26)51(44,45)31-17-11-27(12-18-31)50-38(43)33-20-14-29(24-35(33)40)47-21-7-5-6-8-22-48-36(41)25(2)3/h9-20,23-24H,2,4-8,21-22H2,1,3H3. The molecule has 0 saturated heterocycles. The van der Waals surface area contributed by atoms with Gasteiger partial charge in [-0.05, 0) is 112 Å². The van der Waals surface area contributed by atoms with Gasteiger partial charge in [-0.25, -0.2) is 31.6 Å². The van der Waals surface area contributed by atoms with Crippen molar-refractivity contribution >= 4 is 27.7 Å². The van der Waals surface area contributed by atoms with E-state index in [-0.39, 0.29) is 43.9 Å². The molecular weight excluding hydrogens is 686 g/mol. The minimum atomic E-state index is -4.03. The lowest BCUT2D eigenvalue weighted by atomic mass is 10.2. The Balaban J connectivity index is 1.27. The van der Waals surface area contributed by atoms with Gasteiger partial charge in [0.05, 0.1) is 40.7 Å². The number of unbranched alkanes of at least 4 members (excludes halogenated alkanes) is 3. The topological polar surface area (TPSA) is 132 Å². The van der Waals surface area contributed by atoms with Crippen molar-refractivity contribution in [2.45, 2.75) is 49.3 Å². The lowest BCUT2D eigenvalue weighted by molar-refractivity contribution is -0.139. The Hall–Kier alpha value is -5.56. The number of benzene rings is 4. The van der Waals surface area contributed by atoms with E-state index in [2.05, 4.69) is 6.58 Å². The van der Waals surface area contributed by atoms with Crippen molar-refractivity contribution in [3.05, 3.63) is 120 Å². The molecule has 4 rings (SSSR count). The number of carbonyl (C=O) groups is 3. The van der Waals surface area contributed by atoms with Crippen LogP contribution in [-0.4, -0.2) is 46.1 Å². The number of sulfone groups is 1. The Morgan fingerprint density at radius 1 is 0.627 bits per heavy atom. The first kappa shape index (κ1) is 38.2. The summed E-state index contributed by atoms with van der Waals surface area (Å²) < 4.78 is 81.7. The quantitative estimate of drug-likeness (QED) is 0.0463. The van der Waals surface area contributed by atoms with E-state index in [9.17, 15) is 31.6 Å². The molecule has 0 N–H and O–H groups in total. The zero-order valence-electron chi connectivity index (χ0n) is 28.0. The Kier molecular flexibility index (Phi) is 13.4. The van der Waals surface area contributed by atoms with Crippen LogP contribution >= 0.6 is 0 Å². The van der Waals surface area contributed by atoms with Crippen LogP contribution in [-0.2, 0) is 19.4 Å². The maximum atomic E-state index is 14.7. The molecular formula is C38H36F2O10S. The van der Waals surface area contributed by atoms with Crippen LogP contribution in [0.5, 0.6) is 23.0 Å². The van der Waals surface area contributed by atoms with Gasteiger partial charge in [0.2, 0.25) is 9.84 Å². The molecule has 0 saturated carbocycles. The fraction of sp³-hybridized carbons (Fsp3) is 0.237. The molecule has 0 atom stereocenters. The number of halogens is 2. The SMILES string of the molecule is C=C(C)C(=O)OCCCCCCOc1ccc(C(=O)Oc2ccc(S(=O)(=O)c3ccc(OC(=O)c4ccc(OCC)cc4F)cc3)cc2)c(F)c1. The Morgan fingerprint density at radius 3 is 1.49 bits per heavy atom.